The molecule has 114 valence electrons. The molecule has 2 aliphatic rings. The Kier molecular flexibility index (Phi) is 3.25. The predicted molar refractivity (Wildman–Crippen MR) is 73.5 cm³/mol. The molecule has 2 heterocycles. The number of sulfonamides is 1. The lowest BCUT2D eigenvalue weighted by atomic mass is 10.2. The molecule has 7 nitrogen and oxygen atoms in total. The molecular formula is C12H15FN4O3S. The molecule has 21 heavy (non-hydrogen) atoms. The van der Waals surface area contributed by atoms with E-state index in [4.69, 9.17) is 5.73 Å². The zero-order valence-electron chi connectivity index (χ0n) is 11.1. The summed E-state index contributed by atoms with van der Waals surface area (Å²) in [7, 11) is -3.93. The highest BCUT2D eigenvalue weighted by Crippen LogP contribution is 2.24. The van der Waals surface area contributed by atoms with Crippen molar-refractivity contribution in [2.75, 3.05) is 31.9 Å². The Morgan fingerprint density at radius 3 is 2.81 bits per heavy atom. The first-order valence-corrected chi connectivity index (χ1v) is 7.93. The summed E-state index contributed by atoms with van der Waals surface area (Å²) in [5, 5.41) is 2.67. The monoisotopic (exact) mass is 314 g/mol. The van der Waals surface area contributed by atoms with Gasteiger partial charge in [-0.25, -0.2) is 17.6 Å². The van der Waals surface area contributed by atoms with Gasteiger partial charge in [-0.3, -0.25) is 0 Å². The third-order valence-corrected chi connectivity index (χ3v) is 5.67. The lowest BCUT2D eigenvalue weighted by Crippen LogP contribution is -2.53. The zero-order chi connectivity index (χ0) is 15.2. The summed E-state index contributed by atoms with van der Waals surface area (Å²) in [5.74, 6) is -0.863. The van der Waals surface area contributed by atoms with Crippen LogP contribution in [0.25, 0.3) is 0 Å². The molecule has 0 saturated carbocycles. The number of amides is 2. The van der Waals surface area contributed by atoms with Crippen molar-refractivity contribution in [1.29, 1.82) is 0 Å². The van der Waals surface area contributed by atoms with Crippen molar-refractivity contribution in [3.8, 4) is 0 Å². The van der Waals surface area contributed by atoms with Gasteiger partial charge in [-0.05, 0) is 18.2 Å². The molecule has 3 rings (SSSR count). The van der Waals surface area contributed by atoms with Crippen LogP contribution in [0.2, 0.25) is 0 Å². The summed E-state index contributed by atoms with van der Waals surface area (Å²) in [4.78, 5) is 12.7. The molecule has 2 saturated heterocycles. The van der Waals surface area contributed by atoms with Crippen LogP contribution >= 0.6 is 0 Å². The van der Waals surface area contributed by atoms with Crippen LogP contribution in [0, 0.1) is 5.82 Å². The van der Waals surface area contributed by atoms with Crippen molar-refractivity contribution in [3.05, 3.63) is 24.0 Å². The van der Waals surface area contributed by atoms with E-state index in [1.807, 2.05) is 0 Å². The maximum atomic E-state index is 13.9. The third kappa shape index (κ3) is 2.32. The average molecular weight is 314 g/mol. The Bertz CT molecular complexity index is 694. The highest BCUT2D eigenvalue weighted by atomic mass is 32.2. The molecule has 1 atom stereocenters. The van der Waals surface area contributed by atoms with E-state index in [2.05, 4.69) is 5.32 Å². The fourth-order valence-electron chi connectivity index (χ4n) is 2.66. The Morgan fingerprint density at radius 2 is 2.10 bits per heavy atom. The second-order valence-electron chi connectivity index (χ2n) is 5.09. The van der Waals surface area contributed by atoms with E-state index in [0.717, 1.165) is 6.07 Å². The van der Waals surface area contributed by atoms with E-state index in [-0.39, 0.29) is 35.7 Å². The fraction of sp³-hybridized carbons (Fsp3) is 0.417. The van der Waals surface area contributed by atoms with Gasteiger partial charge >= 0.3 is 6.03 Å². The quantitative estimate of drug-likeness (QED) is 0.739. The van der Waals surface area contributed by atoms with Gasteiger partial charge < -0.3 is 16.0 Å². The Morgan fingerprint density at radius 1 is 1.33 bits per heavy atom. The van der Waals surface area contributed by atoms with Crippen LogP contribution in [0.4, 0.5) is 14.9 Å². The lowest BCUT2D eigenvalue weighted by molar-refractivity contribution is 0.164. The standard InChI is InChI=1S/C12H15FN4O3S/c13-10-5-8(14)1-2-11(10)21(19,20)16-3-4-17-9(7-16)6-15-12(17)18/h1-2,5,9H,3-4,6-7,14H2,(H,15,18). The SMILES string of the molecule is Nc1ccc(S(=O)(=O)N2CCN3C(=O)NCC3C2)c(F)c1. The number of nitrogens with one attached hydrogen (secondary N) is 1. The molecule has 0 aliphatic carbocycles. The van der Waals surface area contributed by atoms with Crippen LogP contribution in [-0.4, -0.2) is 55.9 Å². The minimum atomic E-state index is -3.93. The van der Waals surface area contributed by atoms with Crippen molar-refractivity contribution < 1.29 is 17.6 Å². The summed E-state index contributed by atoms with van der Waals surface area (Å²) in [6.07, 6.45) is 0. The summed E-state index contributed by atoms with van der Waals surface area (Å²) in [5.41, 5.74) is 5.60. The Labute approximate surface area is 121 Å². The molecule has 1 unspecified atom stereocenters. The van der Waals surface area contributed by atoms with Gasteiger partial charge in [0.2, 0.25) is 10.0 Å². The number of nitrogen functional groups attached to an aromatic ring is 1. The number of carbonyl (C=O) groups excluding carboxylic acids is 1. The molecule has 0 spiro atoms. The number of carbonyl (C=O) groups is 1. The fourth-order valence-corrected chi connectivity index (χ4v) is 4.17. The van der Waals surface area contributed by atoms with Gasteiger partial charge in [-0.15, -0.1) is 0 Å². The smallest absolute Gasteiger partial charge is 0.317 e. The van der Waals surface area contributed by atoms with Crippen LogP contribution < -0.4 is 11.1 Å². The number of benzene rings is 1. The van der Waals surface area contributed by atoms with E-state index in [1.54, 1.807) is 4.90 Å². The van der Waals surface area contributed by atoms with Gasteiger partial charge in [0.15, 0.2) is 0 Å². The number of fused-ring (bicyclic) bond motifs is 1. The minimum absolute atomic E-state index is 0.149. The molecule has 0 bridgehead atoms. The van der Waals surface area contributed by atoms with Crippen molar-refractivity contribution in [2.45, 2.75) is 10.9 Å². The minimum Gasteiger partial charge on any atom is -0.399 e. The zero-order valence-corrected chi connectivity index (χ0v) is 11.9. The van der Waals surface area contributed by atoms with Crippen molar-refractivity contribution in [1.82, 2.24) is 14.5 Å². The van der Waals surface area contributed by atoms with Gasteiger partial charge in [0.25, 0.3) is 0 Å². The van der Waals surface area contributed by atoms with E-state index >= 15 is 0 Å². The number of rotatable bonds is 2. The first-order valence-electron chi connectivity index (χ1n) is 6.49. The van der Waals surface area contributed by atoms with Gasteiger partial charge in [-0.2, -0.15) is 4.31 Å². The van der Waals surface area contributed by atoms with Crippen LogP contribution in [-0.2, 0) is 10.0 Å². The van der Waals surface area contributed by atoms with Crippen molar-refractivity contribution >= 4 is 21.7 Å². The highest BCUT2D eigenvalue weighted by Gasteiger charge is 2.40. The number of anilines is 1. The molecule has 2 amide bonds. The van der Waals surface area contributed by atoms with E-state index in [1.165, 1.54) is 16.4 Å². The highest BCUT2D eigenvalue weighted by molar-refractivity contribution is 7.89. The first-order chi connectivity index (χ1) is 9.89. The molecule has 1 aromatic rings. The number of piperazine rings is 1. The number of halogens is 1. The van der Waals surface area contributed by atoms with Crippen molar-refractivity contribution in [3.63, 3.8) is 0 Å². The number of nitrogens with two attached hydrogens (primary N) is 1. The maximum absolute atomic E-state index is 13.9. The molecule has 2 fully saturated rings. The van der Waals surface area contributed by atoms with Gasteiger partial charge in [0.05, 0.1) is 6.04 Å². The van der Waals surface area contributed by atoms with E-state index in [0.29, 0.717) is 13.1 Å². The second kappa shape index (κ2) is 4.85. The normalized spacial score (nSPS) is 23.0. The summed E-state index contributed by atoms with van der Waals surface area (Å²) in [6.45, 7) is 1.00. The second-order valence-corrected chi connectivity index (χ2v) is 6.99. The topological polar surface area (TPSA) is 95.7 Å². The van der Waals surface area contributed by atoms with Gasteiger partial charge in [0.1, 0.15) is 10.7 Å². The summed E-state index contributed by atoms with van der Waals surface area (Å²) >= 11 is 0. The van der Waals surface area contributed by atoms with Crippen LogP contribution in [0.1, 0.15) is 0 Å². The largest absolute Gasteiger partial charge is 0.399 e. The average Bonchev–Trinajstić information content (AvgIpc) is 2.79. The first kappa shape index (κ1) is 14.1. The third-order valence-electron chi connectivity index (χ3n) is 3.77. The number of hydrogen-bond acceptors (Lipinski definition) is 4. The predicted octanol–water partition coefficient (Wildman–Crippen LogP) is -0.194. The van der Waals surface area contributed by atoms with Crippen LogP contribution in [0.3, 0.4) is 0 Å². The lowest BCUT2D eigenvalue weighted by Gasteiger charge is -2.35. The van der Waals surface area contributed by atoms with E-state index in [9.17, 15) is 17.6 Å². The Hall–Kier alpha value is -1.87. The van der Waals surface area contributed by atoms with E-state index < -0.39 is 15.8 Å². The summed E-state index contributed by atoms with van der Waals surface area (Å²) in [6, 6.07) is 3.12. The molecule has 0 radical (unpaired) electrons. The molecular weight excluding hydrogens is 299 g/mol. The molecule has 9 heteroatoms. The van der Waals surface area contributed by atoms with Crippen LogP contribution in [0.5, 0.6) is 0 Å². The van der Waals surface area contributed by atoms with Gasteiger partial charge in [0, 0.05) is 31.9 Å². The molecule has 1 aromatic carbocycles. The number of nitrogens with zero attached hydrogens (tertiary/aromatic N) is 2. The number of hydrogen-bond donors (Lipinski definition) is 2. The van der Waals surface area contributed by atoms with Crippen molar-refractivity contribution in [2.24, 2.45) is 0 Å². The number of urea groups is 1. The maximum Gasteiger partial charge on any atom is 0.317 e. The Balaban J connectivity index is 1.87. The van der Waals surface area contributed by atoms with Gasteiger partial charge in [-0.1, -0.05) is 0 Å². The summed E-state index contributed by atoms with van der Waals surface area (Å²) < 4.78 is 40.1. The molecule has 2 aliphatic heterocycles. The molecule has 3 N–H and O–H groups in total. The van der Waals surface area contributed by atoms with Crippen LogP contribution in [0.15, 0.2) is 23.1 Å². The molecule has 0 aromatic heterocycles.